The summed E-state index contributed by atoms with van der Waals surface area (Å²) in [5.74, 6) is -1.79. The number of nitrogens with one attached hydrogen (secondary N) is 2. The maximum Gasteiger partial charge on any atom is 0.341 e. The number of ether oxygens (including phenoxy) is 1. The van der Waals surface area contributed by atoms with Gasteiger partial charge in [-0.25, -0.2) is 4.79 Å². The van der Waals surface area contributed by atoms with E-state index in [1.165, 1.54) is 49.6 Å². The van der Waals surface area contributed by atoms with Gasteiger partial charge >= 0.3 is 5.97 Å². The van der Waals surface area contributed by atoms with Crippen molar-refractivity contribution in [2.24, 2.45) is 0 Å². The molecule has 2 amide bonds. The van der Waals surface area contributed by atoms with Gasteiger partial charge in [-0.05, 0) is 49.4 Å². The number of para-hydroxylation sites is 1. The number of hydrogen-bond acceptors (Lipinski definition) is 5. The highest BCUT2D eigenvalue weighted by Crippen LogP contribution is 2.23. The third-order valence-corrected chi connectivity index (χ3v) is 4.36. The minimum atomic E-state index is -1.12. The Hall–Kier alpha value is -3.29. The van der Waals surface area contributed by atoms with Gasteiger partial charge in [0.05, 0.1) is 17.5 Å². The number of benzene rings is 2. The highest BCUT2D eigenvalue weighted by Gasteiger charge is 2.22. The second kappa shape index (κ2) is 9.47. The van der Waals surface area contributed by atoms with Crippen LogP contribution in [0.5, 0.6) is 0 Å². The van der Waals surface area contributed by atoms with E-state index in [4.69, 9.17) is 32.4 Å². The van der Waals surface area contributed by atoms with E-state index >= 15 is 0 Å². The van der Waals surface area contributed by atoms with Gasteiger partial charge in [0, 0.05) is 15.7 Å². The predicted molar refractivity (Wildman–Crippen MR) is 113 cm³/mol. The van der Waals surface area contributed by atoms with Gasteiger partial charge in [0.2, 0.25) is 0 Å². The van der Waals surface area contributed by atoms with Crippen LogP contribution >= 0.6 is 23.2 Å². The smallest absolute Gasteiger partial charge is 0.341 e. The summed E-state index contributed by atoms with van der Waals surface area (Å²) in [6.45, 7) is 1.42. The number of anilines is 2. The number of amides is 2. The van der Waals surface area contributed by atoms with Crippen LogP contribution in [0, 0.1) is 0 Å². The van der Waals surface area contributed by atoms with Crippen molar-refractivity contribution in [2.75, 3.05) is 10.6 Å². The molecule has 0 aliphatic rings. The molecule has 1 aromatic heterocycles. The van der Waals surface area contributed by atoms with Gasteiger partial charge in [-0.1, -0.05) is 35.3 Å². The molecule has 0 radical (unpaired) electrons. The second-order valence-corrected chi connectivity index (χ2v) is 7.04. The number of furan rings is 1. The standard InChI is InChI=1S/C21H16Cl2N2O5/c1-12(19(26)24-15-10-13(22)9-14(23)11-15)30-21(28)16-5-2-3-6-17(16)25-20(27)18-7-4-8-29-18/h2-12H,1H3,(H,24,26)(H,25,27). The van der Waals surface area contributed by atoms with Crippen molar-refractivity contribution in [2.45, 2.75) is 13.0 Å². The lowest BCUT2D eigenvalue weighted by Crippen LogP contribution is -2.30. The summed E-state index contributed by atoms with van der Waals surface area (Å²) in [4.78, 5) is 37.1. The van der Waals surface area contributed by atoms with Gasteiger partial charge in [-0.2, -0.15) is 0 Å². The molecule has 2 N–H and O–H groups in total. The highest BCUT2D eigenvalue weighted by molar-refractivity contribution is 6.35. The summed E-state index contributed by atoms with van der Waals surface area (Å²) in [6, 6.07) is 13.9. The number of halogens is 2. The quantitative estimate of drug-likeness (QED) is 0.517. The fraction of sp³-hybridized carbons (Fsp3) is 0.0952. The van der Waals surface area contributed by atoms with Gasteiger partial charge in [-0.15, -0.1) is 0 Å². The molecule has 0 fully saturated rings. The molecular formula is C21H16Cl2N2O5. The van der Waals surface area contributed by atoms with Crippen molar-refractivity contribution in [3.05, 3.63) is 82.2 Å². The zero-order chi connectivity index (χ0) is 21.7. The van der Waals surface area contributed by atoms with E-state index in [-0.39, 0.29) is 17.0 Å². The molecule has 2 aromatic carbocycles. The first-order valence-electron chi connectivity index (χ1n) is 8.75. The van der Waals surface area contributed by atoms with Crippen LogP contribution in [0.4, 0.5) is 11.4 Å². The number of carbonyl (C=O) groups excluding carboxylic acids is 3. The fourth-order valence-electron chi connectivity index (χ4n) is 2.51. The highest BCUT2D eigenvalue weighted by atomic mass is 35.5. The number of carbonyl (C=O) groups is 3. The van der Waals surface area contributed by atoms with Crippen molar-refractivity contribution in [1.29, 1.82) is 0 Å². The van der Waals surface area contributed by atoms with Gasteiger partial charge in [0.15, 0.2) is 11.9 Å². The van der Waals surface area contributed by atoms with Gasteiger partial charge in [0.25, 0.3) is 11.8 Å². The van der Waals surface area contributed by atoms with Crippen LogP contribution in [-0.4, -0.2) is 23.9 Å². The summed E-state index contributed by atoms with van der Waals surface area (Å²) >= 11 is 11.8. The van der Waals surface area contributed by atoms with Crippen molar-refractivity contribution < 1.29 is 23.5 Å². The summed E-state index contributed by atoms with van der Waals surface area (Å²) in [5.41, 5.74) is 0.674. The molecule has 3 rings (SSSR count). The Morgan fingerprint density at radius 2 is 1.67 bits per heavy atom. The van der Waals surface area contributed by atoms with Crippen molar-refractivity contribution in [1.82, 2.24) is 0 Å². The molecule has 9 heteroatoms. The second-order valence-electron chi connectivity index (χ2n) is 6.17. The lowest BCUT2D eigenvalue weighted by molar-refractivity contribution is -0.123. The van der Waals surface area contributed by atoms with Crippen LogP contribution in [0.1, 0.15) is 27.8 Å². The maximum absolute atomic E-state index is 12.6. The Morgan fingerprint density at radius 3 is 2.33 bits per heavy atom. The topological polar surface area (TPSA) is 97.6 Å². The predicted octanol–water partition coefficient (Wildman–Crippen LogP) is 5.02. The molecule has 154 valence electrons. The third-order valence-electron chi connectivity index (χ3n) is 3.92. The van der Waals surface area contributed by atoms with Crippen LogP contribution in [0.15, 0.2) is 65.3 Å². The van der Waals surface area contributed by atoms with E-state index in [1.54, 1.807) is 18.2 Å². The van der Waals surface area contributed by atoms with Crippen LogP contribution in [0.25, 0.3) is 0 Å². The molecule has 3 aromatic rings. The molecule has 0 bridgehead atoms. The van der Waals surface area contributed by atoms with Crippen molar-refractivity contribution in [3.63, 3.8) is 0 Å². The summed E-state index contributed by atoms with van der Waals surface area (Å²) in [5, 5.41) is 5.86. The molecule has 7 nitrogen and oxygen atoms in total. The van der Waals surface area contributed by atoms with Crippen LogP contribution in [-0.2, 0) is 9.53 Å². The van der Waals surface area contributed by atoms with E-state index in [0.29, 0.717) is 15.7 Å². The molecule has 1 unspecified atom stereocenters. The van der Waals surface area contributed by atoms with E-state index in [0.717, 1.165) is 0 Å². The lowest BCUT2D eigenvalue weighted by Gasteiger charge is -2.15. The lowest BCUT2D eigenvalue weighted by atomic mass is 10.1. The number of rotatable bonds is 6. The number of esters is 1. The molecule has 0 spiro atoms. The first-order chi connectivity index (χ1) is 14.3. The number of hydrogen-bond donors (Lipinski definition) is 2. The minimum Gasteiger partial charge on any atom is -0.459 e. The largest absolute Gasteiger partial charge is 0.459 e. The first kappa shape index (κ1) is 21.4. The maximum atomic E-state index is 12.6. The van der Waals surface area contributed by atoms with Crippen LogP contribution in [0.2, 0.25) is 10.0 Å². The average molecular weight is 447 g/mol. The van der Waals surface area contributed by atoms with E-state index in [2.05, 4.69) is 10.6 Å². The van der Waals surface area contributed by atoms with Crippen molar-refractivity contribution >= 4 is 52.4 Å². The van der Waals surface area contributed by atoms with Crippen LogP contribution < -0.4 is 10.6 Å². The molecule has 0 aliphatic heterocycles. The van der Waals surface area contributed by atoms with Gasteiger partial charge < -0.3 is 19.8 Å². The average Bonchev–Trinajstić information content (AvgIpc) is 3.22. The Morgan fingerprint density at radius 1 is 0.967 bits per heavy atom. The van der Waals surface area contributed by atoms with E-state index in [9.17, 15) is 14.4 Å². The molecule has 1 atom stereocenters. The molecule has 0 saturated carbocycles. The summed E-state index contributed by atoms with van der Waals surface area (Å²) in [6.07, 6.45) is 0.242. The molecule has 1 heterocycles. The SMILES string of the molecule is CC(OC(=O)c1ccccc1NC(=O)c1ccco1)C(=O)Nc1cc(Cl)cc(Cl)c1. The van der Waals surface area contributed by atoms with Crippen molar-refractivity contribution in [3.8, 4) is 0 Å². The fourth-order valence-corrected chi connectivity index (χ4v) is 3.04. The first-order valence-corrected chi connectivity index (χ1v) is 9.51. The Kier molecular flexibility index (Phi) is 6.76. The monoisotopic (exact) mass is 446 g/mol. The zero-order valence-corrected chi connectivity index (χ0v) is 17.2. The molecule has 30 heavy (non-hydrogen) atoms. The summed E-state index contributed by atoms with van der Waals surface area (Å²) in [7, 11) is 0. The molecule has 0 aliphatic carbocycles. The van der Waals surface area contributed by atoms with Gasteiger partial charge in [0.1, 0.15) is 0 Å². The minimum absolute atomic E-state index is 0.0860. The molecular weight excluding hydrogens is 431 g/mol. The Labute approximate surface area is 181 Å². The van der Waals surface area contributed by atoms with E-state index < -0.39 is 23.9 Å². The normalized spacial score (nSPS) is 11.4. The zero-order valence-electron chi connectivity index (χ0n) is 15.6. The Bertz CT molecular complexity index is 1060. The van der Waals surface area contributed by atoms with E-state index in [1.807, 2.05) is 0 Å². The van der Waals surface area contributed by atoms with Gasteiger partial charge in [-0.3, -0.25) is 9.59 Å². The van der Waals surface area contributed by atoms with Crippen LogP contribution in [0.3, 0.4) is 0 Å². The third kappa shape index (κ3) is 5.40. The summed E-state index contributed by atoms with van der Waals surface area (Å²) < 4.78 is 10.3. The molecule has 0 saturated heterocycles. The Balaban J connectivity index is 1.68.